The fourth-order valence-corrected chi connectivity index (χ4v) is 5.84. The Labute approximate surface area is 271 Å². The van der Waals surface area contributed by atoms with Gasteiger partial charge in [-0.1, -0.05) is 85.8 Å². The third-order valence-electron chi connectivity index (χ3n) is 8.14. The minimum atomic E-state index is -0.958. The Morgan fingerprint density at radius 1 is 0.891 bits per heavy atom. The van der Waals surface area contributed by atoms with Crippen molar-refractivity contribution in [2.45, 2.75) is 64.6 Å². The standard InChI is InChI=1S/C36H47N5O5/c1-25(23-41-18-17-37-40-36(41)45)19-33(43)38-30(20-28-13-6-4-7-14-28)22-32(42)31(21-29-15-8-5-9-16-29)39-34(44)24-46-35-26(2)11-10-12-27(35)3/h4-16,25,30-32,37,42H,17-24H2,1-3H3,(H,38,43)(H,39,44)(H,40,45)/t25?,30-,31-,32-/m0/s1. The fraction of sp³-hybridized carbons (Fsp3) is 0.417. The molecule has 5 N–H and O–H groups in total. The maximum atomic E-state index is 13.3. The molecular formula is C36H47N5O5. The number of nitrogens with one attached hydrogen (secondary N) is 4. The first-order valence-corrected chi connectivity index (χ1v) is 16.0. The second kappa shape index (κ2) is 17.3. The van der Waals surface area contributed by atoms with Gasteiger partial charge >= 0.3 is 6.03 Å². The van der Waals surface area contributed by atoms with Gasteiger partial charge in [0.1, 0.15) is 5.75 Å². The number of amides is 4. The van der Waals surface area contributed by atoms with Crippen LogP contribution < -0.4 is 26.2 Å². The maximum absolute atomic E-state index is 13.3. The van der Waals surface area contributed by atoms with Crippen molar-refractivity contribution >= 4 is 17.8 Å². The maximum Gasteiger partial charge on any atom is 0.331 e. The van der Waals surface area contributed by atoms with E-state index in [0.29, 0.717) is 38.2 Å². The average Bonchev–Trinajstić information content (AvgIpc) is 3.02. The zero-order valence-corrected chi connectivity index (χ0v) is 27.0. The molecule has 4 rings (SSSR count). The van der Waals surface area contributed by atoms with Crippen LogP contribution in [0.2, 0.25) is 0 Å². The first-order valence-electron chi connectivity index (χ1n) is 16.0. The molecule has 4 atom stereocenters. The zero-order valence-electron chi connectivity index (χ0n) is 27.0. The predicted molar refractivity (Wildman–Crippen MR) is 178 cm³/mol. The summed E-state index contributed by atoms with van der Waals surface area (Å²) in [4.78, 5) is 40.2. The predicted octanol–water partition coefficient (Wildman–Crippen LogP) is 3.44. The number of carbonyl (C=O) groups excluding carboxylic acids is 3. The summed E-state index contributed by atoms with van der Waals surface area (Å²) in [6.45, 7) is 7.31. The molecule has 1 heterocycles. The number of hydrogen-bond acceptors (Lipinski definition) is 6. The molecule has 0 bridgehead atoms. The van der Waals surface area contributed by atoms with Crippen LogP contribution >= 0.6 is 0 Å². The van der Waals surface area contributed by atoms with E-state index in [9.17, 15) is 19.5 Å². The zero-order chi connectivity index (χ0) is 32.9. The van der Waals surface area contributed by atoms with Gasteiger partial charge < -0.3 is 25.4 Å². The van der Waals surface area contributed by atoms with E-state index < -0.39 is 12.1 Å². The quantitative estimate of drug-likeness (QED) is 0.165. The van der Waals surface area contributed by atoms with Crippen LogP contribution in [0.5, 0.6) is 5.75 Å². The minimum absolute atomic E-state index is 0.0619. The van der Waals surface area contributed by atoms with Gasteiger partial charge in [-0.3, -0.25) is 15.0 Å². The highest BCUT2D eigenvalue weighted by Gasteiger charge is 2.27. The largest absolute Gasteiger partial charge is 0.483 e. The van der Waals surface area contributed by atoms with Gasteiger partial charge in [-0.25, -0.2) is 10.2 Å². The summed E-state index contributed by atoms with van der Waals surface area (Å²) in [5, 5.41) is 17.8. The first-order chi connectivity index (χ1) is 22.2. The summed E-state index contributed by atoms with van der Waals surface area (Å²) in [6, 6.07) is 24.1. The van der Waals surface area contributed by atoms with Crippen LogP contribution in [-0.2, 0) is 22.4 Å². The van der Waals surface area contributed by atoms with Crippen molar-refractivity contribution in [1.82, 2.24) is 26.4 Å². The summed E-state index contributed by atoms with van der Waals surface area (Å²) in [5.41, 5.74) is 9.31. The number of benzene rings is 3. The van der Waals surface area contributed by atoms with E-state index in [2.05, 4.69) is 21.5 Å². The number of carbonyl (C=O) groups is 3. The molecule has 1 aliphatic heterocycles. The molecule has 0 radical (unpaired) electrons. The molecule has 0 spiro atoms. The van der Waals surface area contributed by atoms with Crippen LogP contribution in [0.1, 0.15) is 42.0 Å². The molecule has 10 heteroatoms. The third-order valence-corrected chi connectivity index (χ3v) is 8.14. The van der Waals surface area contributed by atoms with Gasteiger partial charge in [-0.05, 0) is 61.3 Å². The van der Waals surface area contributed by atoms with E-state index in [1.54, 1.807) is 4.90 Å². The van der Waals surface area contributed by atoms with Crippen LogP contribution in [0.15, 0.2) is 78.9 Å². The van der Waals surface area contributed by atoms with E-state index in [1.165, 1.54) is 0 Å². The lowest BCUT2D eigenvalue weighted by Crippen LogP contribution is -2.56. The Morgan fingerprint density at radius 3 is 2.15 bits per heavy atom. The molecule has 1 fully saturated rings. The van der Waals surface area contributed by atoms with E-state index in [4.69, 9.17) is 4.74 Å². The topological polar surface area (TPSA) is 132 Å². The summed E-state index contributed by atoms with van der Waals surface area (Å²) in [6.07, 6.45) is 0.427. The number of ether oxygens (including phenoxy) is 1. The van der Waals surface area contributed by atoms with Crippen molar-refractivity contribution in [2.75, 3.05) is 26.2 Å². The molecule has 1 saturated heterocycles. The number of aryl methyl sites for hydroxylation is 2. The number of hydrazine groups is 1. The van der Waals surface area contributed by atoms with E-state index in [0.717, 1.165) is 22.3 Å². The van der Waals surface area contributed by atoms with Crippen LogP contribution in [0.3, 0.4) is 0 Å². The molecule has 1 unspecified atom stereocenters. The molecule has 46 heavy (non-hydrogen) atoms. The first kappa shape index (κ1) is 34.5. The second-order valence-corrected chi connectivity index (χ2v) is 12.2. The number of hydrogen-bond donors (Lipinski definition) is 5. The fourth-order valence-electron chi connectivity index (χ4n) is 5.84. The van der Waals surface area contributed by atoms with Crippen molar-refractivity contribution in [3.05, 3.63) is 101 Å². The number of para-hydroxylation sites is 1. The van der Waals surface area contributed by atoms with Gasteiger partial charge in [0, 0.05) is 32.1 Å². The number of aliphatic hydroxyl groups excluding tert-OH is 1. The number of aliphatic hydroxyl groups is 1. The molecule has 246 valence electrons. The highest BCUT2D eigenvalue weighted by Crippen LogP contribution is 2.22. The average molecular weight is 630 g/mol. The van der Waals surface area contributed by atoms with E-state index in [-0.39, 0.29) is 49.3 Å². The van der Waals surface area contributed by atoms with Crippen LogP contribution in [-0.4, -0.2) is 72.3 Å². The Bertz CT molecular complexity index is 1400. The van der Waals surface area contributed by atoms with Gasteiger partial charge in [0.2, 0.25) is 5.91 Å². The molecule has 0 saturated carbocycles. The van der Waals surface area contributed by atoms with Crippen molar-refractivity contribution in [3.63, 3.8) is 0 Å². The Balaban J connectivity index is 1.43. The molecule has 0 aliphatic carbocycles. The van der Waals surface area contributed by atoms with Gasteiger partial charge in [-0.15, -0.1) is 0 Å². The molecule has 1 aliphatic rings. The van der Waals surface area contributed by atoms with Crippen LogP contribution in [0.25, 0.3) is 0 Å². The third kappa shape index (κ3) is 10.9. The molecule has 4 amide bonds. The van der Waals surface area contributed by atoms with Crippen LogP contribution in [0.4, 0.5) is 4.79 Å². The summed E-state index contributed by atoms with van der Waals surface area (Å²) >= 11 is 0. The van der Waals surface area contributed by atoms with Crippen molar-refractivity contribution in [1.29, 1.82) is 0 Å². The Kier molecular flexibility index (Phi) is 13.0. The summed E-state index contributed by atoms with van der Waals surface area (Å²) in [7, 11) is 0. The lowest BCUT2D eigenvalue weighted by Gasteiger charge is -2.31. The highest BCUT2D eigenvalue weighted by molar-refractivity contribution is 5.78. The Morgan fingerprint density at radius 2 is 1.52 bits per heavy atom. The number of urea groups is 1. The molecule has 3 aromatic rings. The summed E-state index contributed by atoms with van der Waals surface area (Å²) < 4.78 is 5.89. The monoisotopic (exact) mass is 629 g/mol. The molecule has 3 aromatic carbocycles. The molecule has 0 aromatic heterocycles. The van der Waals surface area contributed by atoms with E-state index >= 15 is 0 Å². The SMILES string of the molecule is Cc1cccc(C)c1OCC(=O)N[C@@H](Cc1ccccc1)[C@@H](O)C[C@H](Cc1ccccc1)NC(=O)CC(C)CN1CCNNC1=O. The highest BCUT2D eigenvalue weighted by atomic mass is 16.5. The lowest BCUT2D eigenvalue weighted by molar-refractivity contribution is -0.125. The normalized spacial score (nSPS) is 15.7. The van der Waals surface area contributed by atoms with Gasteiger partial charge in [0.25, 0.3) is 5.91 Å². The smallest absolute Gasteiger partial charge is 0.331 e. The van der Waals surface area contributed by atoms with Crippen molar-refractivity contribution in [2.24, 2.45) is 5.92 Å². The number of nitrogens with zero attached hydrogens (tertiary/aromatic N) is 1. The van der Waals surface area contributed by atoms with Gasteiger partial charge in [0.05, 0.1) is 12.1 Å². The number of rotatable bonds is 16. The van der Waals surface area contributed by atoms with Crippen molar-refractivity contribution < 1.29 is 24.2 Å². The van der Waals surface area contributed by atoms with Gasteiger partial charge in [-0.2, -0.15) is 0 Å². The Hall–Kier alpha value is -4.41. The van der Waals surface area contributed by atoms with Gasteiger partial charge in [0.15, 0.2) is 6.61 Å². The van der Waals surface area contributed by atoms with Crippen molar-refractivity contribution in [3.8, 4) is 5.75 Å². The minimum Gasteiger partial charge on any atom is -0.483 e. The molecule has 10 nitrogen and oxygen atoms in total. The van der Waals surface area contributed by atoms with E-state index in [1.807, 2.05) is 99.6 Å². The summed E-state index contributed by atoms with van der Waals surface area (Å²) in [5.74, 6) is 0.127. The second-order valence-electron chi connectivity index (χ2n) is 12.2. The molecular weight excluding hydrogens is 582 g/mol. The lowest BCUT2D eigenvalue weighted by atomic mass is 9.93. The van der Waals surface area contributed by atoms with Crippen LogP contribution in [0, 0.1) is 19.8 Å².